The monoisotopic (exact) mass is 602 g/mol. The first-order valence-corrected chi connectivity index (χ1v) is 15.9. The molecule has 4 heterocycles. The van der Waals surface area contributed by atoms with Crippen LogP contribution in [0.5, 0.6) is 0 Å². The summed E-state index contributed by atoms with van der Waals surface area (Å²) in [5.74, 6) is 0. The third-order valence-corrected chi connectivity index (χ3v) is 9.21. The van der Waals surface area contributed by atoms with Crippen LogP contribution in [0.4, 0.5) is 0 Å². The maximum atomic E-state index is 4.32. The summed E-state index contributed by atoms with van der Waals surface area (Å²) in [6, 6.07) is 46.0. The molecule has 1 N–H and O–H groups in total. The number of aromatic nitrogens is 3. The first-order chi connectivity index (χ1) is 23.3. The second kappa shape index (κ2) is 11.3. The van der Waals surface area contributed by atoms with E-state index in [0.29, 0.717) is 0 Å². The second-order valence-electron chi connectivity index (χ2n) is 12.0. The molecular weight excluding hydrogens is 573 g/mol. The van der Waals surface area contributed by atoms with Gasteiger partial charge in [0.25, 0.3) is 0 Å². The Morgan fingerprint density at radius 3 is 2.15 bits per heavy atom. The molecule has 0 amide bonds. The number of dihydropyridines is 1. The molecule has 0 saturated heterocycles. The Morgan fingerprint density at radius 1 is 0.532 bits per heavy atom. The highest BCUT2D eigenvalue weighted by molar-refractivity contribution is 6.19. The maximum Gasteiger partial charge on any atom is 0.0619 e. The van der Waals surface area contributed by atoms with Crippen LogP contribution in [0.15, 0.2) is 164 Å². The number of hydrogen-bond donors (Lipinski definition) is 1. The molecule has 0 radical (unpaired) electrons. The van der Waals surface area contributed by atoms with Crippen LogP contribution < -0.4 is 5.32 Å². The molecule has 0 aliphatic carbocycles. The van der Waals surface area contributed by atoms with Gasteiger partial charge in [0.1, 0.15) is 0 Å². The quantitative estimate of drug-likeness (QED) is 0.213. The van der Waals surface area contributed by atoms with Gasteiger partial charge in [-0.25, -0.2) is 0 Å². The standard InChI is InChI=1S/C43H30N4/c1-2-9-38(10-3-1)47-42-25-33(37-24-36(27-46-28-37)29-17-20-44-21-18-29)12-15-40(42)41-16-13-34-23-32(11-14-39(34)43(41)47)30-6-4-7-31(22-30)35-8-5-19-45-26-35/h1-27,46H,28H2. The van der Waals surface area contributed by atoms with E-state index in [-0.39, 0.29) is 0 Å². The van der Waals surface area contributed by atoms with Crippen LogP contribution in [0.1, 0.15) is 11.1 Å². The molecule has 0 bridgehead atoms. The van der Waals surface area contributed by atoms with Gasteiger partial charge in [-0.2, -0.15) is 0 Å². The summed E-state index contributed by atoms with van der Waals surface area (Å²) >= 11 is 0. The molecule has 5 aromatic carbocycles. The number of allylic oxidation sites excluding steroid dienone is 2. The van der Waals surface area contributed by atoms with Crippen molar-refractivity contribution < 1.29 is 0 Å². The lowest BCUT2D eigenvalue weighted by Gasteiger charge is -2.17. The second-order valence-corrected chi connectivity index (χ2v) is 12.0. The Hall–Kier alpha value is -6.26. The fourth-order valence-electron chi connectivity index (χ4n) is 6.92. The maximum absolute atomic E-state index is 4.32. The average molecular weight is 603 g/mol. The Labute approximate surface area is 273 Å². The van der Waals surface area contributed by atoms with Crippen LogP contribution in [0.3, 0.4) is 0 Å². The molecule has 1 aliphatic rings. The highest BCUT2D eigenvalue weighted by Crippen LogP contribution is 2.39. The smallest absolute Gasteiger partial charge is 0.0619 e. The Kier molecular flexibility index (Phi) is 6.50. The normalized spacial score (nSPS) is 13.0. The molecule has 8 aromatic rings. The first-order valence-electron chi connectivity index (χ1n) is 15.9. The molecule has 4 heteroatoms. The molecule has 0 atom stereocenters. The summed E-state index contributed by atoms with van der Waals surface area (Å²) in [5, 5.41) is 8.45. The lowest BCUT2D eigenvalue weighted by Crippen LogP contribution is -2.14. The largest absolute Gasteiger partial charge is 0.386 e. The van der Waals surface area contributed by atoms with Gasteiger partial charge in [0.15, 0.2) is 0 Å². The molecule has 0 saturated carbocycles. The lowest BCUT2D eigenvalue weighted by molar-refractivity contribution is 0.990. The van der Waals surface area contributed by atoms with Crippen LogP contribution in [-0.4, -0.2) is 21.1 Å². The van der Waals surface area contributed by atoms with Crippen LogP contribution in [-0.2, 0) is 0 Å². The van der Waals surface area contributed by atoms with Gasteiger partial charge in [0.2, 0.25) is 0 Å². The summed E-state index contributed by atoms with van der Waals surface area (Å²) in [4.78, 5) is 8.51. The topological polar surface area (TPSA) is 42.7 Å². The average Bonchev–Trinajstić information content (AvgIpc) is 3.50. The molecule has 0 unspecified atom stereocenters. The Balaban J connectivity index is 1.21. The minimum absolute atomic E-state index is 0.777. The van der Waals surface area contributed by atoms with E-state index in [2.05, 4.69) is 153 Å². The SMILES string of the molecule is C1=C(c2ccncc2)C=C(c2ccc3c4ccc5cc(-c6cccc(-c7cccnc7)c6)ccc5c4n(-c4ccccc4)c3c2)CN1. The van der Waals surface area contributed by atoms with Gasteiger partial charge in [0.05, 0.1) is 11.0 Å². The number of pyridine rings is 2. The summed E-state index contributed by atoms with van der Waals surface area (Å²) in [5.41, 5.74) is 13.0. The predicted molar refractivity (Wildman–Crippen MR) is 195 cm³/mol. The van der Waals surface area contributed by atoms with E-state index in [1.54, 1.807) is 0 Å². The zero-order valence-electron chi connectivity index (χ0n) is 25.6. The van der Waals surface area contributed by atoms with Crippen molar-refractivity contribution in [2.45, 2.75) is 0 Å². The summed E-state index contributed by atoms with van der Waals surface area (Å²) < 4.78 is 2.44. The van der Waals surface area contributed by atoms with E-state index in [9.17, 15) is 0 Å². The molecular formula is C43H30N4. The van der Waals surface area contributed by atoms with E-state index in [4.69, 9.17) is 0 Å². The molecule has 222 valence electrons. The fraction of sp³-hybridized carbons (Fsp3) is 0.0233. The first kappa shape index (κ1) is 27.1. The number of nitrogens with zero attached hydrogens (tertiary/aromatic N) is 3. The van der Waals surface area contributed by atoms with E-state index >= 15 is 0 Å². The molecule has 47 heavy (non-hydrogen) atoms. The van der Waals surface area contributed by atoms with Gasteiger partial charge >= 0.3 is 0 Å². The van der Waals surface area contributed by atoms with E-state index in [0.717, 1.165) is 34.5 Å². The molecule has 0 spiro atoms. The minimum Gasteiger partial charge on any atom is -0.386 e. The summed E-state index contributed by atoms with van der Waals surface area (Å²) in [6.45, 7) is 0.777. The number of rotatable bonds is 5. The van der Waals surface area contributed by atoms with E-state index in [1.165, 1.54) is 54.8 Å². The van der Waals surface area contributed by atoms with E-state index < -0.39 is 0 Å². The third kappa shape index (κ3) is 4.79. The van der Waals surface area contributed by atoms with Gasteiger partial charge in [-0.1, -0.05) is 78.9 Å². The highest BCUT2D eigenvalue weighted by atomic mass is 15.0. The zero-order valence-corrected chi connectivity index (χ0v) is 25.6. The molecule has 3 aromatic heterocycles. The predicted octanol–water partition coefficient (Wildman–Crippen LogP) is 10.1. The third-order valence-electron chi connectivity index (χ3n) is 9.21. The molecule has 9 rings (SSSR count). The molecule has 1 aliphatic heterocycles. The highest BCUT2D eigenvalue weighted by Gasteiger charge is 2.18. The van der Waals surface area contributed by atoms with Gasteiger partial charge in [0, 0.05) is 64.9 Å². The van der Waals surface area contributed by atoms with Gasteiger partial charge in [-0.3, -0.25) is 9.97 Å². The molecule has 0 fully saturated rings. The number of hydrogen-bond acceptors (Lipinski definition) is 3. The van der Waals surface area contributed by atoms with Crippen molar-refractivity contribution in [3.8, 4) is 27.9 Å². The fourth-order valence-corrected chi connectivity index (χ4v) is 6.92. The summed E-state index contributed by atoms with van der Waals surface area (Å²) in [6.07, 6.45) is 11.8. The summed E-state index contributed by atoms with van der Waals surface area (Å²) in [7, 11) is 0. The minimum atomic E-state index is 0.777. The lowest BCUT2D eigenvalue weighted by atomic mass is 9.96. The van der Waals surface area contributed by atoms with Crippen molar-refractivity contribution in [2.24, 2.45) is 0 Å². The van der Waals surface area contributed by atoms with Gasteiger partial charge < -0.3 is 9.88 Å². The van der Waals surface area contributed by atoms with Crippen molar-refractivity contribution >= 4 is 43.7 Å². The van der Waals surface area contributed by atoms with E-state index in [1.807, 2.05) is 30.9 Å². The van der Waals surface area contributed by atoms with Crippen LogP contribution >= 0.6 is 0 Å². The van der Waals surface area contributed by atoms with Crippen molar-refractivity contribution in [1.29, 1.82) is 0 Å². The molecule has 4 nitrogen and oxygen atoms in total. The Morgan fingerprint density at radius 2 is 1.30 bits per heavy atom. The van der Waals surface area contributed by atoms with Crippen molar-refractivity contribution in [3.63, 3.8) is 0 Å². The van der Waals surface area contributed by atoms with Crippen molar-refractivity contribution in [2.75, 3.05) is 6.54 Å². The van der Waals surface area contributed by atoms with Crippen LogP contribution in [0.25, 0.3) is 71.7 Å². The number of nitrogens with one attached hydrogen (secondary N) is 1. The van der Waals surface area contributed by atoms with Crippen molar-refractivity contribution in [1.82, 2.24) is 19.9 Å². The Bertz CT molecular complexity index is 2490. The number of fused-ring (bicyclic) bond motifs is 5. The number of para-hydroxylation sites is 1. The van der Waals surface area contributed by atoms with Crippen LogP contribution in [0, 0.1) is 0 Å². The van der Waals surface area contributed by atoms with Crippen LogP contribution in [0.2, 0.25) is 0 Å². The van der Waals surface area contributed by atoms with Crippen molar-refractivity contribution in [3.05, 3.63) is 176 Å². The zero-order chi connectivity index (χ0) is 31.2. The van der Waals surface area contributed by atoms with Gasteiger partial charge in [-0.05, 0) is 99.0 Å². The number of benzene rings is 5. The van der Waals surface area contributed by atoms with Gasteiger partial charge in [-0.15, -0.1) is 0 Å².